The molecule has 1 aliphatic heterocycles. The zero-order valence-electron chi connectivity index (χ0n) is 26.8. The van der Waals surface area contributed by atoms with Crippen molar-refractivity contribution in [1.82, 2.24) is 4.90 Å². The quantitative estimate of drug-likeness (QED) is 0.0842. The van der Waals surface area contributed by atoms with Crippen molar-refractivity contribution < 1.29 is 39.7 Å². The summed E-state index contributed by atoms with van der Waals surface area (Å²) in [6.45, 7) is 3.27. The summed E-state index contributed by atoms with van der Waals surface area (Å²) in [7, 11) is -9.05. The van der Waals surface area contributed by atoms with Gasteiger partial charge in [0.25, 0.3) is 11.6 Å². The average Bonchev–Trinajstić information content (AvgIpc) is 3.52. The van der Waals surface area contributed by atoms with Gasteiger partial charge in [-0.3, -0.25) is 14.9 Å². The Kier molecular flexibility index (Phi) is 9.32. The minimum atomic E-state index is -4.60. The number of carbonyl (C=O) groups excluding carboxylic acids is 1. The maximum atomic E-state index is 14.4. The Morgan fingerprint density at radius 3 is 1.92 bits per heavy atom. The van der Waals surface area contributed by atoms with Crippen LogP contribution in [0.2, 0.25) is 0 Å². The molecule has 256 valence electrons. The standard InChI is InChI=1S/C36H30N2O10S2/c1-24-11-15-29(16-12-24)49(42,43)47-28-19-33(46-23-26-7-4-3-5-8-26)35(34(20-28)48-50(44,45)30-17-13-25(2)14-18-30)36(39)37-21-27-9-6-10-32(38(40)41)31(27)22-37/h3-20H,21-23H2,1-2H3. The molecular weight excluding hydrogens is 685 g/mol. The van der Waals surface area contributed by atoms with Crippen molar-refractivity contribution in [2.45, 2.75) is 43.3 Å². The predicted molar refractivity (Wildman–Crippen MR) is 182 cm³/mol. The van der Waals surface area contributed by atoms with E-state index in [1.807, 2.05) is 0 Å². The molecule has 0 aromatic heterocycles. The van der Waals surface area contributed by atoms with Crippen LogP contribution in [-0.4, -0.2) is 32.6 Å². The van der Waals surface area contributed by atoms with E-state index in [9.17, 15) is 31.7 Å². The van der Waals surface area contributed by atoms with Gasteiger partial charge in [0.15, 0.2) is 5.75 Å². The van der Waals surface area contributed by atoms with Gasteiger partial charge in [0.2, 0.25) is 0 Å². The maximum absolute atomic E-state index is 14.4. The highest BCUT2D eigenvalue weighted by Crippen LogP contribution is 2.40. The van der Waals surface area contributed by atoms with Gasteiger partial charge in [0.05, 0.1) is 17.0 Å². The lowest BCUT2D eigenvalue weighted by Gasteiger charge is -2.22. The molecular formula is C36H30N2O10S2. The molecule has 0 saturated carbocycles. The second-order valence-electron chi connectivity index (χ2n) is 11.6. The monoisotopic (exact) mass is 714 g/mol. The van der Waals surface area contributed by atoms with Crippen LogP contribution in [0.1, 0.15) is 38.2 Å². The largest absolute Gasteiger partial charge is 0.488 e. The van der Waals surface area contributed by atoms with Gasteiger partial charge in [-0.1, -0.05) is 77.9 Å². The third-order valence-corrected chi connectivity index (χ3v) is 10.5. The predicted octanol–water partition coefficient (Wildman–Crippen LogP) is 6.48. The zero-order valence-corrected chi connectivity index (χ0v) is 28.4. The van der Waals surface area contributed by atoms with E-state index in [0.717, 1.165) is 17.2 Å². The summed E-state index contributed by atoms with van der Waals surface area (Å²) >= 11 is 0. The van der Waals surface area contributed by atoms with Crippen LogP contribution in [0.25, 0.3) is 0 Å². The lowest BCUT2D eigenvalue weighted by atomic mass is 10.1. The van der Waals surface area contributed by atoms with E-state index in [2.05, 4.69) is 0 Å². The normalized spacial score (nSPS) is 12.6. The van der Waals surface area contributed by atoms with Crippen molar-refractivity contribution >= 4 is 31.8 Å². The summed E-state index contributed by atoms with van der Waals surface area (Å²) in [4.78, 5) is 26.5. The fraction of sp³-hybridized carbons (Fsp3) is 0.139. The van der Waals surface area contributed by atoms with Gasteiger partial charge < -0.3 is 18.0 Å². The minimum absolute atomic E-state index is 0.0296. The average molecular weight is 715 g/mol. The van der Waals surface area contributed by atoms with E-state index in [4.69, 9.17) is 13.1 Å². The summed E-state index contributed by atoms with van der Waals surface area (Å²) in [5, 5.41) is 11.8. The van der Waals surface area contributed by atoms with Gasteiger partial charge in [-0.2, -0.15) is 16.8 Å². The Balaban J connectivity index is 1.48. The lowest BCUT2D eigenvalue weighted by Crippen LogP contribution is -2.27. The Labute approximate surface area is 288 Å². The van der Waals surface area contributed by atoms with Gasteiger partial charge in [-0.15, -0.1) is 0 Å². The molecule has 0 atom stereocenters. The van der Waals surface area contributed by atoms with E-state index >= 15 is 0 Å². The van der Waals surface area contributed by atoms with E-state index in [0.29, 0.717) is 16.7 Å². The molecule has 0 fully saturated rings. The minimum Gasteiger partial charge on any atom is -0.488 e. The summed E-state index contributed by atoms with van der Waals surface area (Å²) < 4.78 is 71.1. The molecule has 1 amide bonds. The summed E-state index contributed by atoms with van der Waals surface area (Å²) in [5.74, 6) is -1.98. The van der Waals surface area contributed by atoms with Crippen LogP contribution in [-0.2, 0) is 39.9 Å². The molecule has 0 radical (unpaired) electrons. The van der Waals surface area contributed by atoms with Crippen molar-refractivity contribution in [2.75, 3.05) is 0 Å². The van der Waals surface area contributed by atoms with Gasteiger partial charge >= 0.3 is 20.2 Å². The number of rotatable bonds is 11. The number of nitro benzene ring substituents is 1. The first-order valence-electron chi connectivity index (χ1n) is 15.2. The molecule has 1 aliphatic rings. The van der Waals surface area contributed by atoms with Crippen LogP contribution in [0.3, 0.4) is 0 Å². The van der Waals surface area contributed by atoms with Gasteiger partial charge in [0.1, 0.15) is 33.5 Å². The number of ether oxygens (including phenoxy) is 1. The van der Waals surface area contributed by atoms with E-state index in [1.165, 1.54) is 47.4 Å². The van der Waals surface area contributed by atoms with Crippen molar-refractivity contribution in [1.29, 1.82) is 0 Å². The number of nitro groups is 1. The van der Waals surface area contributed by atoms with E-state index < -0.39 is 36.8 Å². The third-order valence-electron chi connectivity index (χ3n) is 7.96. The van der Waals surface area contributed by atoms with Gasteiger partial charge in [-0.05, 0) is 49.2 Å². The molecule has 0 aliphatic carbocycles. The number of carbonyl (C=O) groups is 1. The Morgan fingerprint density at radius 2 is 1.32 bits per heavy atom. The highest BCUT2D eigenvalue weighted by Gasteiger charge is 2.35. The van der Waals surface area contributed by atoms with E-state index in [1.54, 1.807) is 74.5 Å². The molecule has 5 aromatic carbocycles. The SMILES string of the molecule is Cc1ccc(S(=O)(=O)Oc2cc(OCc3ccccc3)c(C(=O)N3Cc4cccc([N+](=O)[O-])c4C3)c(OS(=O)(=O)c3ccc(C)cc3)c2)cc1. The van der Waals surface area contributed by atoms with Crippen molar-refractivity contribution in [2.24, 2.45) is 0 Å². The zero-order chi connectivity index (χ0) is 35.6. The molecule has 0 bridgehead atoms. The molecule has 1 heterocycles. The number of hydrogen-bond donors (Lipinski definition) is 0. The molecule has 14 heteroatoms. The number of benzene rings is 5. The van der Waals surface area contributed by atoms with Crippen LogP contribution in [0, 0.1) is 24.0 Å². The Bertz CT molecular complexity index is 2310. The smallest absolute Gasteiger partial charge is 0.339 e. The number of aryl methyl sites for hydroxylation is 2. The topological polar surface area (TPSA) is 159 Å². The van der Waals surface area contributed by atoms with Crippen LogP contribution >= 0.6 is 0 Å². The van der Waals surface area contributed by atoms with Crippen molar-refractivity contribution in [3.8, 4) is 17.2 Å². The first-order chi connectivity index (χ1) is 23.8. The summed E-state index contributed by atoms with van der Waals surface area (Å²) in [5.41, 5.74) is 2.64. The molecule has 12 nitrogen and oxygen atoms in total. The molecule has 0 N–H and O–H groups in total. The van der Waals surface area contributed by atoms with Crippen LogP contribution < -0.4 is 13.1 Å². The number of nitrogens with zero attached hydrogens (tertiary/aromatic N) is 2. The summed E-state index contributed by atoms with van der Waals surface area (Å²) in [6, 6.07) is 27.2. The number of amides is 1. The Morgan fingerprint density at radius 1 is 0.740 bits per heavy atom. The molecule has 5 aromatic rings. The first-order valence-corrected chi connectivity index (χ1v) is 18.0. The van der Waals surface area contributed by atoms with Crippen molar-refractivity contribution in [3.05, 3.63) is 153 Å². The number of fused-ring (bicyclic) bond motifs is 1. The molecule has 0 saturated heterocycles. The van der Waals surface area contributed by atoms with Gasteiger partial charge in [-0.25, -0.2) is 0 Å². The Hall–Kier alpha value is -5.73. The molecule has 0 unspecified atom stereocenters. The highest BCUT2D eigenvalue weighted by atomic mass is 32.2. The second-order valence-corrected chi connectivity index (χ2v) is 14.7. The highest BCUT2D eigenvalue weighted by molar-refractivity contribution is 7.87. The van der Waals surface area contributed by atoms with Crippen LogP contribution in [0.15, 0.2) is 119 Å². The number of hydrogen-bond acceptors (Lipinski definition) is 10. The fourth-order valence-electron chi connectivity index (χ4n) is 5.37. The van der Waals surface area contributed by atoms with Crippen molar-refractivity contribution in [3.63, 3.8) is 0 Å². The van der Waals surface area contributed by atoms with Gasteiger partial charge in [0, 0.05) is 24.7 Å². The second kappa shape index (κ2) is 13.6. The van der Waals surface area contributed by atoms with Crippen LogP contribution in [0.5, 0.6) is 17.2 Å². The molecule has 50 heavy (non-hydrogen) atoms. The third kappa shape index (κ3) is 7.31. The molecule has 6 rings (SSSR count). The lowest BCUT2D eigenvalue weighted by molar-refractivity contribution is -0.385. The van der Waals surface area contributed by atoms with E-state index in [-0.39, 0.29) is 52.2 Å². The molecule has 0 spiro atoms. The maximum Gasteiger partial charge on any atom is 0.339 e. The van der Waals surface area contributed by atoms with Crippen LogP contribution in [0.4, 0.5) is 5.69 Å². The first kappa shape index (κ1) is 34.1. The summed E-state index contributed by atoms with van der Waals surface area (Å²) in [6.07, 6.45) is 0. The fourth-order valence-corrected chi connectivity index (χ4v) is 7.22.